The SMILES string of the molecule is O=C(NCc1cc2nc(N3CCCc4c(OC5CC5)ccnc43)ccc2cn1)c1cc(F)c2c(c1)S(=O)(=O)[C@@H](F)CCO2. The Kier molecular flexibility index (Phi) is 6.83. The first-order valence-corrected chi connectivity index (χ1v) is 15.6. The van der Waals surface area contributed by atoms with E-state index < -0.39 is 44.1 Å². The molecular formula is C30H27F2N5O5S. The molecule has 0 radical (unpaired) electrons. The molecule has 13 heteroatoms. The van der Waals surface area contributed by atoms with Gasteiger partial charge in [0.05, 0.1) is 30.5 Å². The number of benzene rings is 1. The first-order chi connectivity index (χ1) is 20.8. The molecule has 2 aliphatic heterocycles. The number of halogens is 2. The van der Waals surface area contributed by atoms with E-state index in [0.29, 0.717) is 11.2 Å². The molecule has 3 aromatic heterocycles. The minimum absolute atomic E-state index is 0.0374. The second kappa shape index (κ2) is 10.7. The molecule has 1 N–H and O–H groups in total. The fraction of sp³-hybridized carbons (Fsp3) is 0.333. The molecule has 1 aliphatic carbocycles. The standard InChI is InChI=1S/C30H27F2N5O5S/c31-22-12-18(13-25-28(22)41-11-8-26(32)43(25,39)40)30(38)35-16-19-14-23-17(15-34-19)3-6-27(36-23)37-10-1-2-21-24(42-20-4-5-20)7-9-33-29(21)37/h3,6-7,9,12-15,20,26H,1-2,4-5,8,10-11,16H2,(H,35,38)/t26-/m1/s1. The van der Waals surface area contributed by atoms with Gasteiger partial charge in [-0.2, -0.15) is 0 Å². The van der Waals surface area contributed by atoms with Gasteiger partial charge in [0.15, 0.2) is 11.6 Å². The van der Waals surface area contributed by atoms with Crippen molar-refractivity contribution >= 4 is 38.3 Å². The molecule has 5 heterocycles. The first-order valence-electron chi connectivity index (χ1n) is 14.1. The van der Waals surface area contributed by atoms with Crippen LogP contribution in [0.5, 0.6) is 11.5 Å². The molecule has 10 nitrogen and oxygen atoms in total. The lowest BCUT2D eigenvalue weighted by Gasteiger charge is -2.30. The maximum atomic E-state index is 14.7. The molecule has 0 spiro atoms. The molecule has 0 bridgehead atoms. The number of nitrogens with one attached hydrogen (secondary N) is 1. The van der Waals surface area contributed by atoms with Crippen molar-refractivity contribution in [2.24, 2.45) is 0 Å². The highest BCUT2D eigenvalue weighted by Gasteiger charge is 2.36. The molecule has 0 saturated heterocycles. The number of amides is 1. The van der Waals surface area contributed by atoms with Crippen LogP contribution >= 0.6 is 0 Å². The largest absolute Gasteiger partial charge is 0.490 e. The van der Waals surface area contributed by atoms with E-state index in [0.717, 1.165) is 72.7 Å². The molecule has 43 heavy (non-hydrogen) atoms. The second-order valence-corrected chi connectivity index (χ2v) is 12.8. The predicted molar refractivity (Wildman–Crippen MR) is 153 cm³/mol. The topological polar surface area (TPSA) is 124 Å². The van der Waals surface area contributed by atoms with Crippen LogP contribution in [0.25, 0.3) is 10.9 Å². The summed E-state index contributed by atoms with van der Waals surface area (Å²) in [6.45, 7) is 0.418. The van der Waals surface area contributed by atoms with Gasteiger partial charge in [0.1, 0.15) is 22.3 Å². The number of fused-ring (bicyclic) bond motifs is 3. The number of alkyl halides is 1. The summed E-state index contributed by atoms with van der Waals surface area (Å²) in [7, 11) is -4.51. The third-order valence-electron chi connectivity index (χ3n) is 7.70. The van der Waals surface area contributed by atoms with E-state index in [1.807, 2.05) is 18.2 Å². The van der Waals surface area contributed by atoms with E-state index in [9.17, 15) is 22.0 Å². The Labute approximate surface area is 246 Å². The molecular weight excluding hydrogens is 580 g/mol. The normalized spacial score (nSPS) is 19.1. The number of rotatable bonds is 6. The Morgan fingerprint density at radius 1 is 1.14 bits per heavy atom. The Morgan fingerprint density at radius 2 is 2.00 bits per heavy atom. The van der Waals surface area contributed by atoms with Gasteiger partial charge in [-0.25, -0.2) is 27.2 Å². The minimum atomic E-state index is -4.51. The van der Waals surface area contributed by atoms with E-state index in [2.05, 4.69) is 20.2 Å². The zero-order valence-corrected chi connectivity index (χ0v) is 23.7. The van der Waals surface area contributed by atoms with Gasteiger partial charge in [-0.15, -0.1) is 0 Å². The van der Waals surface area contributed by atoms with Gasteiger partial charge in [-0.3, -0.25) is 9.78 Å². The molecule has 1 aromatic carbocycles. The number of aromatic nitrogens is 3. The maximum Gasteiger partial charge on any atom is 0.251 e. The van der Waals surface area contributed by atoms with Gasteiger partial charge in [-0.05, 0) is 62.1 Å². The number of hydrogen-bond acceptors (Lipinski definition) is 9. The van der Waals surface area contributed by atoms with Gasteiger partial charge in [0, 0.05) is 41.9 Å². The summed E-state index contributed by atoms with van der Waals surface area (Å²) in [6, 6.07) is 9.32. The number of sulfone groups is 1. The Balaban J connectivity index is 1.12. The number of hydrogen-bond donors (Lipinski definition) is 1. The van der Waals surface area contributed by atoms with Crippen molar-refractivity contribution < 1.29 is 31.5 Å². The van der Waals surface area contributed by atoms with Crippen LogP contribution in [0, 0.1) is 5.82 Å². The highest BCUT2D eigenvalue weighted by atomic mass is 32.2. The summed E-state index contributed by atoms with van der Waals surface area (Å²) in [5.74, 6) is 0.0523. The van der Waals surface area contributed by atoms with Gasteiger partial charge in [0.25, 0.3) is 5.91 Å². The monoisotopic (exact) mass is 607 g/mol. The van der Waals surface area contributed by atoms with Crippen molar-refractivity contribution in [2.45, 2.75) is 55.2 Å². The lowest BCUT2D eigenvalue weighted by molar-refractivity contribution is 0.0949. The fourth-order valence-corrected chi connectivity index (χ4v) is 6.70. The molecule has 7 rings (SSSR count). The molecule has 1 fully saturated rings. The molecule has 4 aromatic rings. The van der Waals surface area contributed by atoms with Crippen LogP contribution in [0.4, 0.5) is 20.4 Å². The molecule has 1 atom stereocenters. The maximum absolute atomic E-state index is 14.7. The van der Waals surface area contributed by atoms with Crippen molar-refractivity contribution in [1.29, 1.82) is 0 Å². The van der Waals surface area contributed by atoms with E-state index in [1.54, 1.807) is 18.5 Å². The van der Waals surface area contributed by atoms with Crippen LogP contribution in [0.3, 0.4) is 0 Å². The number of pyridine rings is 3. The van der Waals surface area contributed by atoms with Gasteiger partial charge in [-0.1, -0.05) is 0 Å². The number of ether oxygens (including phenoxy) is 2. The summed E-state index contributed by atoms with van der Waals surface area (Å²) in [5.41, 5.74) is -0.310. The van der Waals surface area contributed by atoms with E-state index in [4.69, 9.17) is 14.5 Å². The summed E-state index contributed by atoms with van der Waals surface area (Å²) in [4.78, 5) is 28.2. The van der Waals surface area contributed by atoms with Gasteiger partial charge < -0.3 is 19.7 Å². The highest BCUT2D eigenvalue weighted by molar-refractivity contribution is 7.92. The van der Waals surface area contributed by atoms with Crippen molar-refractivity contribution in [1.82, 2.24) is 20.3 Å². The van der Waals surface area contributed by atoms with E-state index in [-0.39, 0.29) is 24.8 Å². The van der Waals surface area contributed by atoms with Crippen LogP contribution < -0.4 is 19.7 Å². The lowest BCUT2D eigenvalue weighted by Crippen LogP contribution is -2.27. The van der Waals surface area contributed by atoms with Gasteiger partial charge in [0.2, 0.25) is 15.3 Å². The van der Waals surface area contributed by atoms with Gasteiger partial charge >= 0.3 is 0 Å². The van der Waals surface area contributed by atoms with Crippen LogP contribution in [-0.4, -0.2) is 54.0 Å². The number of nitrogens with zero attached hydrogens (tertiary/aromatic N) is 4. The number of carbonyl (C=O) groups excluding carboxylic acids is 1. The zero-order valence-electron chi connectivity index (χ0n) is 22.9. The number of anilines is 2. The molecule has 1 saturated carbocycles. The molecule has 1 amide bonds. The van der Waals surface area contributed by atoms with E-state index >= 15 is 0 Å². The summed E-state index contributed by atoms with van der Waals surface area (Å²) >= 11 is 0. The van der Waals surface area contributed by atoms with Crippen LogP contribution in [0.1, 0.15) is 47.3 Å². The predicted octanol–water partition coefficient (Wildman–Crippen LogP) is 4.57. The minimum Gasteiger partial charge on any atom is -0.490 e. The van der Waals surface area contributed by atoms with Crippen LogP contribution in [-0.2, 0) is 22.8 Å². The smallest absolute Gasteiger partial charge is 0.251 e. The number of carbonyl (C=O) groups is 1. The third-order valence-corrected chi connectivity index (χ3v) is 9.53. The fourth-order valence-electron chi connectivity index (χ4n) is 5.32. The van der Waals surface area contributed by atoms with Crippen LogP contribution in [0.2, 0.25) is 0 Å². The Bertz CT molecular complexity index is 1870. The van der Waals surface area contributed by atoms with E-state index in [1.165, 1.54) is 0 Å². The van der Waals surface area contributed by atoms with Crippen molar-refractivity contribution in [3.63, 3.8) is 0 Å². The average Bonchev–Trinajstić information content (AvgIpc) is 3.84. The second-order valence-electron chi connectivity index (χ2n) is 10.8. The molecule has 0 unspecified atom stereocenters. The third kappa shape index (κ3) is 5.22. The zero-order chi connectivity index (χ0) is 29.7. The van der Waals surface area contributed by atoms with Crippen molar-refractivity contribution in [3.05, 3.63) is 71.4 Å². The Morgan fingerprint density at radius 3 is 2.84 bits per heavy atom. The van der Waals surface area contributed by atoms with Crippen molar-refractivity contribution in [2.75, 3.05) is 18.1 Å². The summed E-state index contributed by atoms with van der Waals surface area (Å²) < 4.78 is 65.3. The quantitative estimate of drug-likeness (QED) is 0.336. The van der Waals surface area contributed by atoms with Crippen LogP contribution in [0.15, 0.2) is 53.7 Å². The first kappa shape index (κ1) is 27.4. The highest BCUT2D eigenvalue weighted by Crippen LogP contribution is 2.39. The Hall–Kier alpha value is -4.39. The average molecular weight is 608 g/mol. The lowest BCUT2D eigenvalue weighted by atomic mass is 10.0. The summed E-state index contributed by atoms with van der Waals surface area (Å²) in [6.07, 6.45) is 7.21. The summed E-state index contributed by atoms with van der Waals surface area (Å²) in [5, 5.41) is 3.43. The molecule has 222 valence electrons. The molecule has 3 aliphatic rings. The van der Waals surface area contributed by atoms with Crippen molar-refractivity contribution in [3.8, 4) is 11.5 Å².